The first-order chi connectivity index (χ1) is 6.58. The summed E-state index contributed by atoms with van der Waals surface area (Å²) in [6.07, 6.45) is 1.49. The number of hydrogen-bond acceptors (Lipinski definition) is 2. The van der Waals surface area contributed by atoms with E-state index in [1.54, 1.807) is 4.40 Å². The van der Waals surface area contributed by atoms with Crippen LogP contribution < -0.4 is 0 Å². The Morgan fingerprint density at radius 3 is 2.93 bits per heavy atom. The number of aromatic carboxylic acids is 1. The molecule has 2 heterocycles. The predicted octanol–water partition coefficient (Wildman–Crippen LogP) is 2.10. The van der Waals surface area contributed by atoms with Gasteiger partial charge in [0.2, 0.25) is 0 Å². The molecule has 0 fully saturated rings. The van der Waals surface area contributed by atoms with E-state index >= 15 is 0 Å². The van der Waals surface area contributed by atoms with Gasteiger partial charge in [0.25, 0.3) is 0 Å². The van der Waals surface area contributed by atoms with Gasteiger partial charge < -0.3 is 5.11 Å². The lowest BCUT2D eigenvalue weighted by Gasteiger charge is -1.98. The number of aryl methyl sites for hydroxylation is 1. The monoisotopic (exact) mass is 254 g/mol. The van der Waals surface area contributed by atoms with Crippen LogP contribution >= 0.6 is 15.9 Å². The van der Waals surface area contributed by atoms with Gasteiger partial charge in [0.05, 0.1) is 4.60 Å². The quantitative estimate of drug-likeness (QED) is 0.794. The van der Waals surface area contributed by atoms with Crippen LogP contribution in [0.4, 0.5) is 0 Å². The maximum absolute atomic E-state index is 10.7. The Morgan fingerprint density at radius 1 is 1.57 bits per heavy atom. The number of aromatic nitrogens is 2. The minimum absolute atomic E-state index is 0.0521. The summed E-state index contributed by atoms with van der Waals surface area (Å²) < 4.78 is 2.49. The zero-order valence-corrected chi connectivity index (χ0v) is 8.95. The standard InChI is InChI=1S/C9H7BrN2O2/c1-5-2-7(10)12-4-6(9(13)14)11-8(12)3-5/h2-4H,1H3,(H,13,14). The van der Waals surface area contributed by atoms with Crippen LogP contribution in [0.1, 0.15) is 16.1 Å². The van der Waals surface area contributed by atoms with E-state index in [-0.39, 0.29) is 5.69 Å². The van der Waals surface area contributed by atoms with Gasteiger partial charge in [0.15, 0.2) is 5.69 Å². The molecule has 14 heavy (non-hydrogen) atoms. The molecule has 0 aliphatic heterocycles. The molecule has 0 amide bonds. The molecule has 72 valence electrons. The van der Waals surface area contributed by atoms with E-state index in [2.05, 4.69) is 20.9 Å². The molecule has 0 spiro atoms. The maximum Gasteiger partial charge on any atom is 0.356 e. The third-order valence-corrected chi connectivity index (χ3v) is 2.50. The number of imidazole rings is 1. The highest BCUT2D eigenvalue weighted by Crippen LogP contribution is 2.16. The van der Waals surface area contributed by atoms with Gasteiger partial charge in [-0.25, -0.2) is 9.78 Å². The van der Waals surface area contributed by atoms with E-state index in [0.29, 0.717) is 5.65 Å². The molecule has 5 heteroatoms. The fourth-order valence-corrected chi connectivity index (χ4v) is 1.92. The van der Waals surface area contributed by atoms with Crippen LogP contribution in [-0.4, -0.2) is 20.5 Å². The molecule has 0 radical (unpaired) electrons. The SMILES string of the molecule is Cc1cc(Br)n2cc(C(=O)O)nc2c1. The van der Waals surface area contributed by atoms with Crippen molar-refractivity contribution in [3.63, 3.8) is 0 Å². The number of carbonyl (C=O) groups is 1. The van der Waals surface area contributed by atoms with Crippen LogP contribution in [0.25, 0.3) is 5.65 Å². The Hall–Kier alpha value is -1.36. The third kappa shape index (κ3) is 1.39. The van der Waals surface area contributed by atoms with Gasteiger partial charge in [-0.3, -0.25) is 4.40 Å². The average molecular weight is 255 g/mol. The fraction of sp³-hybridized carbons (Fsp3) is 0.111. The number of nitrogens with zero attached hydrogens (tertiary/aromatic N) is 2. The lowest BCUT2D eigenvalue weighted by atomic mass is 10.3. The second-order valence-corrected chi connectivity index (χ2v) is 3.83. The average Bonchev–Trinajstić information content (AvgIpc) is 2.47. The second-order valence-electron chi connectivity index (χ2n) is 3.01. The Bertz CT molecular complexity index is 519. The van der Waals surface area contributed by atoms with Gasteiger partial charge in [0.1, 0.15) is 5.65 Å². The number of carboxylic acid groups (broad SMARTS) is 1. The van der Waals surface area contributed by atoms with E-state index in [1.165, 1.54) is 6.20 Å². The van der Waals surface area contributed by atoms with Crippen molar-refractivity contribution >= 4 is 27.5 Å². The number of pyridine rings is 1. The number of carboxylic acids is 1. The van der Waals surface area contributed by atoms with E-state index in [0.717, 1.165) is 10.2 Å². The van der Waals surface area contributed by atoms with Gasteiger partial charge in [0, 0.05) is 6.20 Å². The second kappa shape index (κ2) is 3.09. The first kappa shape index (κ1) is 9.21. The van der Waals surface area contributed by atoms with E-state index in [1.807, 2.05) is 19.1 Å². The Balaban J connectivity index is 2.76. The minimum Gasteiger partial charge on any atom is -0.476 e. The van der Waals surface area contributed by atoms with E-state index in [4.69, 9.17) is 5.11 Å². The largest absolute Gasteiger partial charge is 0.476 e. The van der Waals surface area contributed by atoms with Gasteiger partial charge in [-0.2, -0.15) is 0 Å². The van der Waals surface area contributed by atoms with Crippen molar-refractivity contribution in [1.82, 2.24) is 9.38 Å². The van der Waals surface area contributed by atoms with Gasteiger partial charge in [-0.05, 0) is 40.5 Å². The summed E-state index contributed by atoms with van der Waals surface area (Å²) in [6.45, 7) is 1.93. The first-order valence-corrected chi connectivity index (χ1v) is 4.76. The first-order valence-electron chi connectivity index (χ1n) is 3.96. The van der Waals surface area contributed by atoms with Crippen molar-refractivity contribution in [2.24, 2.45) is 0 Å². The van der Waals surface area contributed by atoms with Gasteiger partial charge in [-0.1, -0.05) is 0 Å². The molecule has 0 unspecified atom stereocenters. The number of rotatable bonds is 1. The summed E-state index contributed by atoms with van der Waals surface area (Å²) in [5.74, 6) is -1.02. The lowest BCUT2D eigenvalue weighted by Crippen LogP contribution is -1.94. The Kier molecular flexibility index (Phi) is 2.03. The van der Waals surface area contributed by atoms with Crippen molar-refractivity contribution in [1.29, 1.82) is 0 Å². The van der Waals surface area contributed by atoms with Crippen molar-refractivity contribution in [3.05, 3.63) is 34.2 Å². The highest BCUT2D eigenvalue weighted by molar-refractivity contribution is 9.10. The van der Waals surface area contributed by atoms with E-state index < -0.39 is 5.97 Å². The molecule has 0 aromatic carbocycles. The molecule has 0 aliphatic carbocycles. The summed E-state index contributed by atoms with van der Waals surface area (Å²) in [4.78, 5) is 14.6. The molecule has 2 rings (SSSR count). The molecule has 4 nitrogen and oxygen atoms in total. The van der Waals surface area contributed by atoms with Crippen LogP contribution in [0.5, 0.6) is 0 Å². The smallest absolute Gasteiger partial charge is 0.356 e. The Labute approximate surface area is 88.3 Å². The molecule has 0 atom stereocenters. The third-order valence-electron chi connectivity index (χ3n) is 1.89. The molecule has 0 saturated heterocycles. The maximum atomic E-state index is 10.7. The number of hydrogen-bond donors (Lipinski definition) is 1. The normalized spacial score (nSPS) is 10.7. The summed E-state index contributed by atoms with van der Waals surface area (Å²) in [5, 5.41) is 8.75. The lowest BCUT2D eigenvalue weighted by molar-refractivity contribution is 0.0691. The van der Waals surface area contributed by atoms with Crippen molar-refractivity contribution in [3.8, 4) is 0 Å². The van der Waals surface area contributed by atoms with Crippen LogP contribution in [0.2, 0.25) is 0 Å². The van der Waals surface area contributed by atoms with Crippen LogP contribution in [-0.2, 0) is 0 Å². The minimum atomic E-state index is -1.02. The van der Waals surface area contributed by atoms with Crippen molar-refractivity contribution < 1.29 is 9.90 Å². The van der Waals surface area contributed by atoms with Crippen molar-refractivity contribution in [2.45, 2.75) is 6.92 Å². The van der Waals surface area contributed by atoms with Gasteiger partial charge >= 0.3 is 5.97 Å². The molecule has 0 aliphatic rings. The van der Waals surface area contributed by atoms with Crippen LogP contribution in [0, 0.1) is 6.92 Å². The topological polar surface area (TPSA) is 54.6 Å². The molecular formula is C9H7BrN2O2. The zero-order valence-electron chi connectivity index (χ0n) is 7.36. The molecule has 2 aromatic heterocycles. The molecule has 0 saturated carbocycles. The van der Waals surface area contributed by atoms with Crippen LogP contribution in [0.15, 0.2) is 22.9 Å². The molecule has 1 N–H and O–H groups in total. The van der Waals surface area contributed by atoms with E-state index in [9.17, 15) is 4.79 Å². The predicted molar refractivity (Wildman–Crippen MR) is 54.6 cm³/mol. The Morgan fingerprint density at radius 2 is 2.29 bits per heavy atom. The van der Waals surface area contributed by atoms with Gasteiger partial charge in [-0.15, -0.1) is 0 Å². The van der Waals surface area contributed by atoms with Crippen LogP contribution in [0.3, 0.4) is 0 Å². The highest BCUT2D eigenvalue weighted by atomic mass is 79.9. The fourth-order valence-electron chi connectivity index (χ4n) is 1.27. The molecular weight excluding hydrogens is 248 g/mol. The summed E-state index contributed by atoms with van der Waals surface area (Å²) in [6, 6.07) is 3.73. The molecule has 0 bridgehead atoms. The highest BCUT2D eigenvalue weighted by Gasteiger charge is 2.09. The number of fused-ring (bicyclic) bond motifs is 1. The summed E-state index contributed by atoms with van der Waals surface area (Å²) >= 11 is 3.34. The summed E-state index contributed by atoms with van der Waals surface area (Å²) in [5.41, 5.74) is 1.72. The zero-order chi connectivity index (χ0) is 10.3. The van der Waals surface area contributed by atoms with Crippen molar-refractivity contribution in [2.75, 3.05) is 0 Å². The number of halogens is 1. The molecule has 2 aromatic rings. The summed E-state index contributed by atoms with van der Waals surface area (Å²) in [7, 11) is 0.